The van der Waals surface area contributed by atoms with Gasteiger partial charge >= 0.3 is 5.97 Å². The van der Waals surface area contributed by atoms with Crippen molar-refractivity contribution in [3.05, 3.63) is 27.7 Å². The van der Waals surface area contributed by atoms with E-state index in [0.29, 0.717) is 18.5 Å². The molecule has 1 fully saturated rings. The van der Waals surface area contributed by atoms with Gasteiger partial charge in [0, 0.05) is 12.1 Å². The van der Waals surface area contributed by atoms with E-state index in [1.165, 1.54) is 12.1 Å². The Morgan fingerprint density at radius 2 is 1.90 bits per heavy atom. The van der Waals surface area contributed by atoms with Crippen LogP contribution in [0.3, 0.4) is 0 Å². The number of benzene rings is 1. The van der Waals surface area contributed by atoms with Crippen LogP contribution in [0.2, 0.25) is 10.0 Å². The van der Waals surface area contributed by atoms with E-state index in [4.69, 9.17) is 34.0 Å². The van der Waals surface area contributed by atoms with Gasteiger partial charge in [0.1, 0.15) is 0 Å². The van der Waals surface area contributed by atoms with Crippen LogP contribution in [0.5, 0.6) is 0 Å². The largest absolute Gasteiger partial charge is 0.481 e. The van der Waals surface area contributed by atoms with Crippen molar-refractivity contribution < 1.29 is 14.7 Å². The lowest BCUT2D eigenvalue weighted by Crippen LogP contribution is -2.33. The van der Waals surface area contributed by atoms with Crippen molar-refractivity contribution in [2.24, 2.45) is 11.8 Å². The van der Waals surface area contributed by atoms with Crippen LogP contribution >= 0.6 is 23.2 Å². The average Bonchev–Trinajstić information content (AvgIpc) is 2.90. The fraction of sp³-hybridized carbons (Fsp3) is 0.429. The summed E-state index contributed by atoms with van der Waals surface area (Å²) in [7, 11) is 0. The van der Waals surface area contributed by atoms with Gasteiger partial charge in [0.2, 0.25) is 0 Å². The van der Waals surface area contributed by atoms with E-state index in [0.717, 1.165) is 12.8 Å². The Hall–Kier alpha value is -1.46. The molecule has 1 aliphatic rings. The molecule has 5 nitrogen and oxygen atoms in total. The molecule has 0 aromatic heterocycles. The summed E-state index contributed by atoms with van der Waals surface area (Å²) in [5.74, 6) is -1.56. The maximum absolute atomic E-state index is 12.1. The van der Waals surface area contributed by atoms with Gasteiger partial charge in [-0.3, -0.25) is 9.59 Å². The van der Waals surface area contributed by atoms with Gasteiger partial charge in [-0.25, -0.2) is 0 Å². The minimum absolute atomic E-state index is 0.0359. The molecule has 114 valence electrons. The van der Waals surface area contributed by atoms with Gasteiger partial charge in [-0.05, 0) is 30.9 Å². The van der Waals surface area contributed by atoms with Crippen molar-refractivity contribution in [3.8, 4) is 0 Å². The van der Waals surface area contributed by atoms with Gasteiger partial charge in [0.25, 0.3) is 5.91 Å². The van der Waals surface area contributed by atoms with E-state index in [9.17, 15) is 9.59 Å². The Morgan fingerprint density at radius 3 is 2.48 bits per heavy atom. The SMILES string of the molecule is Nc1c(Cl)cc(C(=O)NCC2CCCC2C(=O)O)cc1Cl. The van der Waals surface area contributed by atoms with E-state index in [-0.39, 0.29) is 33.5 Å². The summed E-state index contributed by atoms with van der Waals surface area (Å²) in [6.07, 6.45) is 2.34. The predicted octanol–water partition coefficient (Wildman–Crippen LogP) is 2.81. The lowest BCUT2D eigenvalue weighted by molar-refractivity contribution is -0.142. The van der Waals surface area contributed by atoms with Crippen molar-refractivity contribution in [2.75, 3.05) is 12.3 Å². The standard InChI is InChI=1S/C14H16Cl2N2O3/c15-10-4-8(5-11(16)12(10)17)13(19)18-6-7-2-1-3-9(7)14(20)21/h4-5,7,9H,1-3,6,17H2,(H,18,19)(H,20,21). The number of halogens is 2. The molecular weight excluding hydrogens is 315 g/mol. The van der Waals surface area contributed by atoms with E-state index in [1.807, 2.05) is 0 Å². The Kier molecular flexibility index (Phi) is 4.96. The number of nitrogens with two attached hydrogens (primary N) is 1. The Morgan fingerprint density at radius 1 is 1.29 bits per heavy atom. The molecule has 0 heterocycles. The number of nitrogen functional groups attached to an aromatic ring is 1. The third-order valence-corrected chi connectivity index (χ3v) is 4.47. The van der Waals surface area contributed by atoms with E-state index >= 15 is 0 Å². The number of rotatable bonds is 4. The third-order valence-electron chi connectivity index (χ3n) is 3.84. The molecule has 2 unspecified atom stereocenters. The zero-order chi connectivity index (χ0) is 15.6. The number of aliphatic carboxylic acids is 1. The number of hydrogen-bond donors (Lipinski definition) is 3. The van der Waals surface area contributed by atoms with Crippen molar-refractivity contribution in [3.63, 3.8) is 0 Å². The highest BCUT2D eigenvalue weighted by atomic mass is 35.5. The number of carbonyl (C=O) groups excluding carboxylic acids is 1. The average molecular weight is 331 g/mol. The molecule has 2 rings (SSSR count). The van der Waals surface area contributed by atoms with Gasteiger partial charge in [-0.1, -0.05) is 29.6 Å². The molecule has 7 heteroatoms. The van der Waals surface area contributed by atoms with Gasteiger partial charge in [0.05, 0.1) is 21.7 Å². The van der Waals surface area contributed by atoms with Gasteiger partial charge in [-0.15, -0.1) is 0 Å². The normalized spacial score (nSPS) is 21.2. The molecule has 0 radical (unpaired) electrons. The first-order valence-electron chi connectivity index (χ1n) is 6.65. The van der Waals surface area contributed by atoms with Gasteiger partial charge in [-0.2, -0.15) is 0 Å². The number of carboxylic acids is 1. The van der Waals surface area contributed by atoms with Crippen molar-refractivity contribution in [2.45, 2.75) is 19.3 Å². The first-order valence-corrected chi connectivity index (χ1v) is 7.41. The molecule has 0 spiro atoms. The molecule has 2 atom stereocenters. The highest BCUT2D eigenvalue weighted by Crippen LogP contribution is 2.32. The van der Waals surface area contributed by atoms with E-state index < -0.39 is 5.97 Å². The summed E-state index contributed by atoms with van der Waals surface area (Å²) in [5, 5.41) is 12.3. The maximum Gasteiger partial charge on any atom is 0.306 e. The molecule has 1 aliphatic carbocycles. The fourth-order valence-corrected chi connectivity index (χ4v) is 3.13. The maximum atomic E-state index is 12.1. The number of hydrogen-bond acceptors (Lipinski definition) is 3. The lowest BCUT2D eigenvalue weighted by atomic mass is 9.96. The predicted molar refractivity (Wildman–Crippen MR) is 81.7 cm³/mol. The molecule has 0 saturated heterocycles. The highest BCUT2D eigenvalue weighted by Gasteiger charge is 2.32. The number of nitrogens with one attached hydrogen (secondary N) is 1. The summed E-state index contributed by atoms with van der Waals surface area (Å²) in [5.41, 5.74) is 6.16. The zero-order valence-electron chi connectivity index (χ0n) is 11.2. The van der Waals surface area contributed by atoms with Crippen LogP contribution in [0.4, 0.5) is 5.69 Å². The first kappa shape index (κ1) is 15.9. The zero-order valence-corrected chi connectivity index (χ0v) is 12.7. The summed E-state index contributed by atoms with van der Waals surface area (Å²) in [4.78, 5) is 23.2. The van der Waals surface area contributed by atoms with Crippen LogP contribution in [0, 0.1) is 11.8 Å². The number of amides is 1. The summed E-state index contributed by atoms with van der Waals surface area (Å²) in [6.45, 7) is 0.329. The quantitative estimate of drug-likeness (QED) is 0.740. The molecule has 4 N–H and O–H groups in total. The first-order chi connectivity index (χ1) is 9.90. The van der Waals surface area contributed by atoms with Gasteiger partial charge in [0.15, 0.2) is 0 Å². The lowest BCUT2D eigenvalue weighted by Gasteiger charge is -2.16. The van der Waals surface area contributed by atoms with Crippen molar-refractivity contribution in [1.82, 2.24) is 5.32 Å². The Bertz CT molecular complexity index is 554. The minimum Gasteiger partial charge on any atom is -0.481 e. The van der Waals surface area contributed by atoms with E-state index in [1.54, 1.807) is 0 Å². The summed E-state index contributed by atoms with van der Waals surface area (Å²) < 4.78 is 0. The van der Waals surface area contributed by atoms with Crippen LogP contribution < -0.4 is 11.1 Å². The number of carbonyl (C=O) groups is 2. The minimum atomic E-state index is -0.801. The van der Waals surface area contributed by atoms with Gasteiger partial charge < -0.3 is 16.2 Å². The molecule has 0 aliphatic heterocycles. The number of anilines is 1. The highest BCUT2D eigenvalue weighted by molar-refractivity contribution is 6.39. The molecular formula is C14H16Cl2N2O3. The summed E-state index contributed by atoms with van der Waals surface area (Å²) >= 11 is 11.8. The topological polar surface area (TPSA) is 92.4 Å². The summed E-state index contributed by atoms with van der Waals surface area (Å²) in [6, 6.07) is 2.89. The molecule has 1 aromatic carbocycles. The molecule has 21 heavy (non-hydrogen) atoms. The molecule has 1 saturated carbocycles. The third kappa shape index (κ3) is 3.60. The van der Waals surface area contributed by atoms with Crippen LogP contribution in [0.15, 0.2) is 12.1 Å². The Balaban J connectivity index is 2.01. The van der Waals surface area contributed by atoms with Crippen LogP contribution in [-0.2, 0) is 4.79 Å². The van der Waals surface area contributed by atoms with Crippen molar-refractivity contribution in [1.29, 1.82) is 0 Å². The smallest absolute Gasteiger partial charge is 0.306 e. The monoisotopic (exact) mass is 330 g/mol. The molecule has 0 bridgehead atoms. The molecule has 1 amide bonds. The second kappa shape index (κ2) is 6.54. The fourth-order valence-electron chi connectivity index (χ4n) is 2.65. The van der Waals surface area contributed by atoms with Crippen LogP contribution in [0.1, 0.15) is 29.6 Å². The number of carboxylic acid groups (broad SMARTS) is 1. The Labute approximate surface area is 132 Å². The second-order valence-electron chi connectivity index (χ2n) is 5.20. The van der Waals surface area contributed by atoms with Crippen molar-refractivity contribution >= 4 is 40.8 Å². The van der Waals surface area contributed by atoms with Crippen LogP contribution in [-0.4, -0.2) is 23.5 Å². The molecule has 1 aromatic rings. The van der Waals surface area contributed by atoms with E-state index in [2.05, 4.69) is 5.32 Å². The van der Waals surface area contributed by atoms with Crippen LogP contribution in [0.25, 0.3) is 0 Å². The second-order valence-corrected chi connectivity index (χ2v) is 6.01.